The number of rotatable bonds is 3. The van der Waals surface area contributed by atoms with Gasteiger partial charge in [-0.3, -0.25) is 4.79 Å². The van der Waals surface area contributed by atoms with Crippen molar-refractivity contribution < 1.29 is 22.7 Å². The van der Waals surface area contributed by atoms with E-state index in [4.69, 9.17) is 11.6 Å². The maximum atomic E-state index is 12.4. The van der Waals surface area contributed by atoms with Gasteiger partial charge < -0.3 is 4.74 Å². The first-order chi connectivity index (χ1) is 9.78. The van der Waals surface area contributed by atoms with Gasteiger partial charge in [-0.05, 0) is 42.8 Å². The van der Waals surface area contributed by atoms with Crippen molar-refractivity contribution in [1.29, 1.82) is 0 Å². The number of hydrogen-bond acceptors (Lipinski definition) is 2. The maximum absolute atomic E-state index is 12.4. The third kappa shape index (κ3) is 3.76. The van der Waals surface area contributed by atoms with Gasteiger partial charge in [-0.2, -0.15) is 0 Å². The van der Waals surface area contributed by atoms with E-state index >= 15 is 0 Å². The Balaban J connectivity index is 2.41. The summed E-state index contributed by atoms with van der Waals surface area (Å²) >= 11 is 5.86. The number of hydrogen-bond donors (Lipinski definition) is 0. The quantitative estimate of drug-likeness (QED) is 0.762. The molecule has 0 fully saturated rings. The summed E-state index contributed by atoms with van der Waals surface area (Å²) in [5.41, 5.74) is 0.753. The van der Waals surface area contributed by atoms with Crippen molar-refractivity contribution in [1.82, 2.24) is 0 Å². The van der Waals surface area contributed by atoms with Gasteiger partial charge in [-0.25, -0.2) is 0 Å². The Bertz CT molecular complexity index is 681. The van der Waals surface area contributed by atoms with Gasteiger partial charge >= 0.3 is 6.36 Å². The first-order valence-corrected chi connectivity index (χ1v) is 6.31. The Morgan fingerprint density at radius 3 is 2.43 bits per heavy atom. The number of para-hydroxylation sites is 1. The van der Waals surface area contributed by atoms with Gasteiger partial charge in [0.25, 0.3) is 0 Å². The number of carbonyl (C=O) groups excluding carboxylic acids is 1. The van der Waals surface area contributed by atoms with Gasteiger partial charge in [0.15, 0.2) is 5.78 Å². The monoisotopic (exact) mass is 314 g/mol. The molecule has 0 atom stereocenters. The molecule has 0 N–H and O–H groups in total. The van der Waals surface area contributed by atoms with Crippen LogP contribution in [0.5, 0.6) is 5.75 Å². The highest BCUT2D eigenvalue weighted by molar-refractivity contribution is 6.31. The number of ketones is 1. The summed E-state index contributed by atoms with van der Waals surface area (Å²) in [4.78, 5) is 12.3. The normalized spacial score (nSPS) is 11.3. The summed E-state index contributed by atoms with van der Waals surface area (Å²) in [6.45, 7) is 1.71. The lowest BCUT2D eigenvalue weighted by Gasteiger charge is -2.12. The molecule has 6 heteroatoms. The van der Waals surface area contributed by atoms with E-state index in [2.05, 4.69) is 4.74 Å². The Labute approximate surface area is 124 Å². The largest absolute Gasteiger partial charge is 0.573 e. The van der Waals surface area contributed by atoms with E-state index in [9.17, 15) is 18.0 Å². The first kappa shape index (κ1) is 15.4. The number of halogens is 4. The molecule has 2 rings (SSSR count). The molecule has 0 aliphatic heterocycles. The molecule has 110 valence electrons. The molecule has 0 aliphatic carbocycles. The summed E-state index contributed by atoms with van der Waals surface area (Å²) in [6.07, 6.45) is -4.85. The molecule has 0 unspecified atom stereocenters. The predicted octanol–water partition coefficient (Wildman–Crippen LogP) is 4.78. The van der Waals surface area contributed by atoms with Gasteiger partial charge in [0.05, 0.1) is 5.56 Å². The maximum Gasteiger partial charge on any atom is 0.573 e. The van der Waals surface area contributed by atoms with Crippen LogP contribution < -0.4 is 4.74 Å². The third-order valence-corrected chi connectivity index (χ3v) is 3.20. The Morgan fingerprint density at radius 2 is 1.81 bits per heavy atom. The van der Waals surface area contributed by atoms with Crippen LogP contribution in [0.25, 0.3) is 0 Å². The molecule has 0 saturated heterocycles. The SMILES string of the molecule is Cc1cc(C(=O)c2ccccc2OC(F)(F)F)ccc1Cl. The standard InChI is InChI=1S/C15H10ClF3O2/c1-9-8-10(6-7-12(9)16)14(20)11-4-2-3-5-13(11)21-15(17,18)19/h2-8H,1H3. The van der Waals surface area contributed by atoms with E-state index in [1.165, 1.54) is 36.4 Å². The average Bonchev–Trinajstić information content (AvgIpc) is 2.40. The molecule has 0 aliphatic rings. The fourth-order valence-electron chi connectivity index (χ4n) is 1.81. The highest BCUT2D eigenvalue weighted by atomic mass is 35.5. The van der Waals surface area contributed by atoms with Crippen molar-refractivity contribution >= 4 is 17.4 Å². The van der Waals surface area contributed by atoms with Crippen LogP contribution in [-0.2, 0) is 0 Å². The lowest BCUT2D eigenvalue weighted by molar-refractivity contribution is -0.274. The molecule has 0 saturated carbocycles. The lowest BCUT2D eigenvalue weighted by atomic mass is 10.0. The van der Waals surface area contributed by atoms with Crippen molar-refractivity contribution in [2.24, 2.45) is 0 Å². The second-order valence-electron chi connectivity index (χ2n) is 4.34. The Kier molecular flexibility index (Phi) is 4.23. The van der Waals surface area contributed by atoms with E-state index in [1.54, 1.807) is 6.92 Å². The predicted molar refractivity (Wildman–Crippen MR) is 72.7 cm³/mol. The van der Waals surface area contributed by atoms with Crippen molar-refractivity contribution in [2.45, 2.75) is 13.3 Å². The van der Waals surface area contributed by atoms with Crippen LogP contribution in [0.3, 0.4) is 0 Å². The van der Waals surface area contributed by atoms with Crippen LogP contribution in [-0.4, -0.2) is 12.1 Å². The van der Waals surface area contributed by atoms with Gasteiger partial charge in [-0.15, -0.1) is 13.2 Å². The van der Waals surface area contributed by atoms with Crippen molar-refractivity contribution in [3.8, 4) is 5.75 Å². The third-order valence-electron chi connectivity index (χ3n) is 2.78. The van der Waals surface area contributed by atoms with Gasteiger partial charge in [0, 0.05) is 10.6 Å². The number of ether oxygens (including phenoxy) is 1. The van der Waals surface area contributed by atoms with Crippen LogP contribution in [0.15, 0.2) is 42.5 Å². The molecule has 0 amide bonds. The molecular weight excluding hydrogens is 305 g/mol. The van der Waals surface area contributed by atoms with Gasteiger partial charge in [-0.1, -0.05) is 23.7 Å². The summed E-state index contributed by atoms with van der Waals surface area (Å²) in [7, 11) is 0. The smallest absolute Gasteiger partial charge is 0.405 e. The summed E-state index contributed by atoms with van der Waals surface area (Å²) < 4.78 is 40.9. The van der Waals surface area contributed by atoms with Crippen LogP contribution in [0, 0.1) is 6.92 Å². The number of carbonyl (C=O) groups is 1. The van der Waals surface area contributed by atoms with Crippen molar-refractivity contribution in [3.63, 3.8) is 0 Å². The molecule has 2 nitrogen and oxygen atoms in total. The van der Waals surface area contributed by atoms with Gasteiger partial charge in [0.1, 0.15) is 5.75 Å². The van der Waals surface area contributed by atoms with Crippen molar-refractivity contribution in [3.05, 3.63) is 64.2 Å². The molecular formula is C15H10ClF3O2. The van der Waals surface area contributed by atoms with Crippen LogP contribution in [0.4, 0.5) is 13.2 Å². The number of alkyl halides is 3. The fourth-order valence-corrected chi connectivity index (χ4v) is 1.93. The van der Waals surface area contributed by atoms with E-state index in [1.807, 2.05) is 0 Å². The minimum atomic E-state index is -4.85. The Hall–Kier alpha value is -2.01. The molecule has 2 aromatic carbocycles. The lowest BCUT2D eigenvalue weighted by Crippen LogP contribution is -2.19. The fraction of sp³-hybridized carbons (Fsp3) is 0.133. The van der Waals surface area contributed by atoms with E-state index in [0.29, 0.717) is 10.6 Å². The second-order valence-corrected chi connectivity index (χ2v) is 4.74. The van der Waals surface area contributed by atoms with Crippen LogP contribution in [0.2, 0.25) is 5.02 Å². The average molecular weight is 315 g/mol. The minimum absolute atomic E-state index is 0.156. The van der Waals surface area contributed by atoms with E-state index in [0.717, 1.165) is 6.07 Å². The van der Waals surface area contributed by atoms with Gasteiger partial charge in [0.2, 0.25) is 0 Å². The number of benzene rings is 2. The molecule has 2 aromatic rings. The van der Waals surface area contributed by atoms with Crippen LogP contribution in [0.1, 0.15) is 21.5 Å². The molecule has 0 radical (unpaired) electrons. The first-order valence-electron chi connectivity index (χ1n) is 5.93. The summed E-state index contributed by atoms with van der Waals surface area (Å²) in [5.74, 6) is -1.09. The zero-order valence-corrected chi connectivity index (χ0v) is 11.6. The summed E-state index contributed by atoms with van der Waals surface area (Å²) in [6, 6.07) is 9.73. The molecule has 0 aromatic heterocycles. The topological polar surface area (TPSA) is 26.3 Å². The van der Waals surface area contributed by atoms with Crippen molar-refractivity contribution in [2.75, 3.05) is 0 Å². The summed E-state index contributed by atoms with van der Waals surface area (Å²) in [5, 5.41) is 0.478. The van der Waals surface area contributed by atoms with E-state index < -0.39 is 17.9 Å². The zero-order chi connectivity index (χ0) is 15.6. The minimum Gasteiger partial charge on any atom is -0.405 e. The molecule has 21 heavy (non-hydrogen) atoms. The zero-order valence-electron chi connectivity index (χ0n) is 10.9. The molecule has 0 bridgehead atoms. The molecule has 0 heterocycles. The van der Waals surface area contributed by atoms with Crippen LogP contribution >= 0.6 is 11.6 Å². The molecule has 0 spiro atoms. The Morgan fingerprint density at radius 1 is 1.14 bits per heavy atom. The number of aryl methyl sites for hydroxylation is 1. The second kappa shape index (κ2) is 5.77. The van der Waals surface area contributed by atoms with E-state index in [-0.39, 0.29) is 11.1 Å². The highest BCUT2D eigenvalue weighted by Crippen LogP contribution is 2.28. The highest BCUT2D eigenvalue weighted by Gasteiger charge is 2.32.